The number of carbonyl (C=O) groups excluding carboxylic acids is 1. The van der Waals surface area contributed by atoms with Gasteiger partial charge in [0.05, 0.1) is 6.04 Å². The molecule has 4 atom stereocenters. The number of hydrogen-bond donors (Lipinski definition) is 1. The van der Waals surface area contributed by atoms with Crippen LogP contribution in [0.25, 0.3) is 0 Å². The Bertz CT molecular complexity index is 305. The summed E-state index contributed by atoms with van der Waals surface area (Å²) in [4.78, 5) is 15.0. The highest BCUT2D eigenvalue weighted by Gasteiger charge is 2.44. The molecule has 110 valence electrons. The van der Waals surface area contributed by atoms with Crippen LogP contribution in [0.2, 0.25) is 0 Å². The van der Waals surface area contributed by atoms with Gasteiger partial charge in [-0.15, -0.1) is 0 Å². The third kappa shape index (κ3) is 3.13. The molecule has 0 aromatic rings. The highest BCUT2D eigenvalue weighted by molar-refractivity contribution is 5.83. The summed E-state index contributed by atoms with van der Waals surface area (Å²) in [6.45, 7) is 8.55. The molecule has 1 amide bonds. The fourth-order valence-corrected chi connectivity index (χ4v) is 3.73. The predicted octanol–water partition coefficient (Wildman–Crippen LogP) is 2.80. The van der Waals surface area contributed by atoms with Crippen molar-refractivity contribution in [3.8, 4) is 0 Å². The SMILES string of the molecule is CCCCN(C(=O)C1NCC2CCCC21)C(C)CC. The Kier molecular flexibility index (Phi) is 5.26. The van der Waals surface area contributed by atoms with Crippen LogP contribution in [0.3, 0.4) is 0 Å². The van der Waals surface area contributed by atoms with Gasteiger partial charge in [-0.2, -0.15) is 0 Å². The monoisotopic (exact) mass is 266 g/mol. The minimum Gasteiger partial charge on any atom is -0.339 e. The summed E-state index contributed by atoms with van der Waals surface area (Å²) in [5, 5.41) is 3.50. The van der Waals surface area contributed by atoms with E-state index in [2.05, 4.69) is 31.0 Å². The van der Waals surface area contributed by atoms with Crippen LogP contribution in [-0.2, 0) is 4.79 Å². The van der Waals surface area contributed by atoms with E-state index in [1.807, 2.05) is 0 Å². The molecule has 1 N–H and O–H groups in total. The molecule has 2 rings (SSSR count). The van der Waals surface area contributed by atoms with Gasteiger partial charge >= 0.3 is 0 Å². The molecule has 0 aromatic carbocycles. The van der Waals surface area contributed by atoms with E-state index in [4.69, 9.17) is 0 Å². The maximum Gasteiger partial charge on any atom is 0.240 e. The van der Waals surface area contributed by atoms with Crippen LogP contribution >= 0.6 is 0 Å². The van der Waals surface area contributed by atoms with Gasteiger partial charge in [0.25, 0.3) is 0 Å². The fraction of sp³-hybridized carbons (Fsp3) is 0.938. The van der Waals surface area contributed by atoms with Crippen LogP contribution in [0, 0.1) is 11.8 Å². The lowest BCUT2D eigenvalue weighted by atomic mass is 9.93. The largest absolute Gasteiger partial charge is 0.339 e. The van der Waals surface area contributed by atoms with Gasteiger partial charge in [-0.3, -0.25) is 4.79 Å². The second kappa shape index (κ2) is 6.74. The van der Waals surface area contributed by atoms with Gasteiger partial charge in [0, 0.05) is 12.6 Å². The van der Waals surface area contributed by atoms with Crippen LogP contribution in [0.5, 0.6) is 0 Å². The minimum absolute atomic E-state index is 0.110. The number of unbranched alkanes of at least 4 members (excludes halogenated alkanes) is 1. The summed E-state index contributed by atoms with van der Waals surface area (Å²) < 4.78 is 0. The number of nitrogens with one attached hydrogen (secondary N) is 1. The van der Waals surface area contributed by atoms with Gasteiger partial charge < -0.3 is 10.2 Å². The summed E-state index contributed by atoms with van der Waals surface area (Å²) in [5.74, 6) is 1.75. The molecule has 0 bridgehead atoms. The second-order valence-electron chi connectivity index (χ2n) is 6.38. The lowest BCUT2D eigenvalue weighted by Crippen LogP contribution is -2.50. The zero-order valence-electron chi connectivity index (χ0n) is 12.8. The Morgan fingerprint density at radius 3 is 2.84 bits per heavy atom. The van der Waals surface area contributed by atoms with Crippen molar-refractivity contribution in [3.05, 3.63) is 0 Å². The molecule has 2 fully saturated rings. The van der Waals surface area contributed by atoms with Crippen molar-refractivity contribution in [1.29, 1.82) is 0 Å². The van der Waals surface area contributed by atoms with Crippen molar-refractivity contribution in [2.75, 3.05) is 13.1 Å². The highest BCUT2D eigenvalue weighted by Crippen LogP contribution is 2.38. The highest BCUT2D eigenvalue weighted by atomic mass is 16.2. The number of nitrogens with zero attached hydrogens (tertiary/aromatic N) is 1. The molecular formula is C16H30N2O. The zero-order valence-corrected chi connectivity index (χ0v) is 12.8. The van der Waals surface area contributed by atoms with E-state index in [-0.39, 0.29) is 6.04 Å². The maximum absolute atomic E-state index is 12.9. The number of carbonyl (C=O) groups is 1. The summed E-state index contributed by atoms with van der Waals surface area (Å²) >= 11 is 0. The smallest absolute Gasteiger partial charge is 0.240 e. The molecule has 0 aromatic heterocycles. The fourth-order valence-electron chi connectivity index (χ4n) is 3.73. The van der Waals surface area contributed by atoms with Crippen LogP contribution in [-0.4, -0.2) is 36.0 Å². The first-order valence-corrected chi connectivity index (χ1v) is 8.22. The Labute approximate surface area is 118 Å². The first-order chi connectivity index (χ1) is 9.19. The normalized spacial score (nSPS) is 31.2. The van der Waals surface area contributed by atoms with E-state index in [1.165, 1.54) is 19.3 Å². The van der Waals surface area contributed by atoms with E-state index in [1.54, 1.807) is 0 Å². The van der Waals surface area contributed by atoms with Gasteiger partial charge in [-0.1, -0.05) is 26.7 Å². The van der Waals surface area contributed by atoms with E-state index >= 15 is 0 Å². The summed E-state index contributed by atoms with van der Waals surface area (Å²) in [5.41, 5.74) is 0. The summed E-state index contributed by atoms with van der Waals surface area (Å²) in [6, 6.07) is 0.486. The van der Waals surface area contributed by atoms with Crippen molar-refractivity contribution >= 4 is 5.91 Å². The first kappa shape index (κ1) is 14.8. The van der Waals surface area contributed by atoms with Gasteiger partial charge in [0.1, 0.15) is 0 Å². The lowest BCUT2D eigenvalue weighted by Gasteiger charge is -2.32. The van der Waals surface area contributed by atoms with Crippen molar-refractivity contribution in [2.24, 2.45) is 11.8 Å². The van der Waals surface area contributed by atoms with E-state index < -0.39 is 0 Å². The second-order valence-corrected chi connectivity index (χ2v) is 6.38. The number of rotatable bonds is 6. The van der Waals surface area contributed by atoms with Crippen LogP contribution in [0.15, 0.2) is 0 Å². The summed E-state index contributed by atoms with van der Waals surface area (Å²) in [7, 11) is 0. The van der Waals surface area contributed by atoms with E-state index in [0.717, 1.165) is 38.3 Å². The number of fused-ring (bicyclic) bond motifs is 1. The van der Waals surface area contributed by atoms with Crippen molar-refractivity contribution in [2.45, 2.75) is 71.4 Å². The Balaban J connectivity index is 2.01. The Hall–Kier alpha value is -0.570. The van der Waals surface area contributed by atoms with Crippen LogP contribution in [0.4, 0.5) is 0 Å². The Morgan fingerprint density at radius 1 is 1.37 bits per heavy atom. The van der Waals surface area contributed by atoms with Gasteiger partial charge in [-0.25, -0.2) is 0 Å². The minimum atomic E-state index is 0.110. The third-order valence-electron chi connectivity index (χ3n) is 5.17. The van der Waals surface area contributed by atoms with Gasteiger partial charge in [0.15, 0.2) is 0 Å². The molecule has 1 saturated carbocycles. The molecular weight excluding hydrogens is 236 g/mol. The van der Waals surface area contributed by atoms with Gasteiger partial charge in [0.2, 0.25) is 5.91 Å². The standard InChI is InChI=1S/C16H30N2O/c1-4-6-10-18(12(3)5-2)16(19)15-14-9-7-8-13(14)11-17-15/h12-15,17H,4-11H2,1-3H3. The van der Waals surface area contributed by atoms with Crippen molar-refractivity contribution < 1.29 is 4.79 Å². The number of hydrogen-bond acceptors (Lipinski definition) is 2. The maximum atomic E-state index is 12.9. The average Bonchev–Trinajstić information content (AvgIpc) is 3.00. The molecule has 0 radical (unpaired) electrons. The summed E-state index contributed by atoms with van der Waals surface area (Å²) in [6.07, 6.45) is 7.21. The molecule has 1 aliphatic heterocycles. The zero-order chi connectivity index (χ0) is 13.8. The van der Waals surface area contributed by atoms with Crippen molar-refractivity contribution in [3.63, 3.8) is 0 Å². The van der Waals surface area contributed by atoms with Crippen molar-refractivity contribution in [1.82, 2.24) is 10.2 Å². The molecule has 0 spiro atoms. The average molecular weight is 266 g/mol. The molecule has 3 heteroatoms. The first-order valence-electron chi connectivity index (χ1n) is 8.22. The lowest BCUT2D eigenvalue weighted by molar-refractivity contribution is -0.136. The van der Waals surface area contributed by atoms with Crippen LogP contribution in [0.1, 0.15) is 59.3 Å². The molecule has 3 nitrogen and oxygen atoms in total. The quantitative estimate of drug-likeness (QED) is 0.802. The predicted molar refractivity (Wildman–Crippen MR) is 79.0 cm³/mol. The third-order valence-corrected chi connectivity index (χ3v) is 5.17. The van der Waals surface area contributed by atoms with Crippen LogP contribution < -0.4 is 5.32 Å². The molecule has 19 heavy (non-hydrogen) atoms. The van der Waals surface area contributed by atoms with E-state index in [0.29, 0.717) is 17.9 Å². The molecule has 1 heterocycles. The van der Waals surface area contributed by atoms with Gasteiger partial charge in [-0.05, 0) is 51.0 Å². The van der Waals surface area contributed by atoms with E-state index in [9.17, 15) is 4.79 Å². The molecule has 1 saturated heterocycles. The molecule has 2 aliphatic rings. The topological polar surface area (TPSA) is 32.3 Å². The number of amides is 1. The molecule has 1 aliphatic carbocycles. The molecule has 4 unspecified atom stereocenters. The Morgan fingerprint density at radius 2 is 2.16 bits per heavy atom.